The van der Waals surface area contributed by atoms with Crippen molar-refractivity contribution in [3.63, 3.8) is 0 Å². The first kappa shape index (κ1) is 10.9. The third kappa shape index (κ3) is 2.49. The van der Waals surface area contributed by atoms with E-state index >= 15 is 0 Å². The molecule has 2 heteroatoms. The Morgan fingerprint density at radius 1 is 1.33 bits per heavy atom. The van der Waals surface area contributed by atoms with Crippen LogP contribution in [0.4, 0.5) is 0 Å². The molecule has 1 nitrogen and oxygen atoms in total. The van der Waals surface area contributed by atoms with E-state index in [0.29, 0.717) is 11.7 Å². The zero-order valence-electron chi connectivity index (χ0n) is 9.45. The third-order valence-electron chi connectivity index (χ3n) is 3.36. The molecule has 1 heterocycles. The predicted octanol–water partition coefficient (Wildman–Crippen LogP) is 4.07. The van der Waals surface area contributed by atoms with Gasteiger partial charge in [-0.05, 0) is 42.7 Å². The Bertz CT molecular complexity index is 345. The van der Waals surface area contributed by atoms with Crippen LogP contribution in [-0.2, 0) is 0 Å². The average Bonchev–Trinajstić information content (AvgIpc) is 2.65. The van der Waals surface area contributed by atoms with Crippen molar-refractivity contribution >= 4 is 17.1 Å². The van der Waals surface area contributed by atoms with Gasteiger partial charge in [-0.3, -0.25) is 4.79 Å². The van der Waals surface area contributed by atoms with E-state index in [9.17, 15) is 4.79 Å². The van der Waals surface area contributed by atoms with Gasteiger partial charge in [0.2, 0.25) is 0 Å². The van der Waals surface area contributed by atoms with Crippen LogP contribution in [0.25, 0.3) is 0 Å². The van der Waals surface area contributed by atoms with E-state index in [1.165, 1.54) is 18.4 Å². The minimum absolute atomic E-state index is 0.305. The molecule has 0 atom stereocenters. The highest BCUT2D eigenvalue weighted by molar-refractivity contribution is 7.12. The van der Waals surface area contributed by atoms with Gasteiger partial charge in [0.15, 0.2) is 5.78 Å². The molecule has 0 bridgehead atoms. The fourth-order valence-electron chi connectivity index (χ4n) is 2.28. The molecule has 0 unspecified atom stereocenters. The standard InChI is InChI=1S/C13H18OS/c1-9-3-5-11(6-4-9)13(14)12-7-10(2)8-15-12/h7-9,11H,3-6H2,1-2H3. The van der Waals surface area contributed by atoms with Crippen molar-refractivity contribution in [1.29, 1.82) is 0 Å². The van der Waals surface area contributed by atoms with Gasteiger partial charge >= 0.3 is 0 Å². The molecule has 0 saturated heterocycles. The SMILES string of the molecule is Cc1csc(C(=O)C2CCC(C)CC2)c1. The first-order valence-electron chi connectivity index (χ1n) is 5.76. The van der Waals surface area contributed by atoms with Gasteiger partial charge in [-0.1, -0.05) is 19.8 Å². The summed E-state index contributed by atoms with van der Waals surface area (Å²) in [5.74, 6) is 1.51. The quantitative estimate of drug-likeness (QED) is 0.689. The van der Waals surface area contributed by atoms with Crippen LogP contribution in [0, 0.1) is 18.8 Å². The van der Waals surface area contributed by atoms with Gasteiger partial charge in [0.1, 0.15) is 0 Å². The molecule has 2 rings (SSSR count). The first-order valence-corrected chi connectivity index (χ1v) is 6.64. The fraction of sp³-hybridized carbons (Fsp3) is 0.615. The maximum atomic E-state index is 12.1. The maximum Gasteiger partial charge on any atom is 0.175 e. The average molecular weight is 222 g/mol. The van der Waals surface area contributed by atoms with Gasteiger partial charge in [0.05, 0.1) is 4.88 Å². The molecule has 1 aliphatic rings. The van der Waals surface area contributed by atoms with Crippen molar-refractivity contribution in [2.75, 3.05) is 0 Å². The number of hydrogen-bond acceptors (Lipinski definition) is 2. The van der Waals surface area contributed by atoms with Crippen molar-refractivity contribution in [3.8, 4) is 0 Å². The molecule has 1 aromatic rings. The second kappa shape index (κ2) is 4.48. The van der Waals surface area contributed by atoms with Gasteiger partial charge < -0.3 is 0 Å². The van der Waals surface area contributed by atoms with Gasteiger partial charge in [0, 0.05) is 5.92 Å². The highest BCUT2D eigenvalue weighted by Crippen LogP contribution is 2.31. The largest absolute Gasteiger partial charge is 0.293 e. The molecule has 1 aromatic heterocycles. The normalized spacial score (nSPS) is 26.5. The molecule has 0 amide bonds. The number of Topliss-reactive ketones (excluding diaryl/α,β-unsaturated/α-hetero) is 1. The minimum Gasteiger partial charge on any atom is -0.293 e. The number of rotatable bonds is 2. The van der Waals surface area contributed by atoms with Crippen molar-refractivity contribution in [2.24, 2.45) is 11.8 Å². The maximum absolute atomic E-state index is 12.1. The number of aryl methyl sites for hydroxylation is 1. The molecule has 0 spiro atoms. The minimum atomic E-state index is 0.305. The van der Waals surface area contributed by atoms with Crippen LogP contribution in [0.5, 0.6) is 0 Å². The van der Waals surface area contributed by atoms with E-state index in [-0.39, 0.29) is 0 Å². The number of hydrogen-bond donors (Lipinski definition) is 0. The first-order chi connectivity index (χ1) is 7.16. The molecule has 0 radical (unpaired) electrons. The van der Waals surface area contributed by atoms with Crippen molar-refractivity contribution in [2.45, 2.75) is 39.5 Å². The van der Waals surface area contributed by atoms with Crippen LogP contribution in [-0.4, -0.2) is 5.78 Å². The van der Waals surface area contributed by atoms with Crippen LogP contribution < -0.4 is 0 Å². The third-order valence-corrected chi connectivity index (χ3v) is 4.42. The van der Waals surface area contributed by atoms with Gasteiger partial charge in [-0.15, -0.1) is 11.3 Å². The molecule has 0 N–H and O–H groups in total. The predicted molar refractivity (Wildman–Crippen MR) is 64.5 cm³/mol. The number of ketones is 1. The monoisotopic (exact) mass is 222 g/mol. The van der Waals surface area contributed by atoms with E-state index < -0.39 is 0 Å². The van der Waals surface area contributed by atoms with Crippen LogP contribution in [0.15, 0.2) is 11.4 Å². The van der Waals surface area contributed by atoms with Crippen molar-refractivity contribution < 1.29 is 4.79 Å². The Morgan fingerprint density at radius 3 is 2.53 bits per heavy atom. The molecular weight excluding hydrogens is 204 g/mol. The lowest BCUT2D eigenvalue weighted by Crippen LogP contribution is -2.20. The summed E-state index contributed by atoms with van der Waals surface area (Å²) in [6, 6.07) is 2.03. The number of carbonyl (C=O) groups excluding carboxylic acids is 1. The van der Waals surface area contributed by atoms with E-state index in [0.717, 1.165) is 23.6 Å². The summed E-state index contributed by atoms with van der Waals surface area (Å²) >= 11 is 1.60. The highest BCUT2D eigenvalue weighted by Gasteiger charge is 2.25. The van der Waals surface area contributed by atoms with E-state index in [4.69, 9.17) is 0 Å². The van der Waals surface area contributed by atoms with Crippen LogP contribution in [0.3, 0.4) is 0 Å². The summed E-state index contributed by atoms with van der Waals surface area (Å²) in [6.07, 6.45) is 4.63. The lowest BCUT2D eigenvalue weighted by molar-refractivity contribution is 0.0880. The summed E-state index contributed by atoms with van der Waals surface area (Å²) < 4.78 is 0. The summed E-state index contributed by atoms with van der Waals surface area (Å²) in [6.45, 7) is 4.34. The smallest absolute Gasteiger partial charge is 0.175 e. The van der Waals surface area contributed by atoms with Crippen LogP contribution >= 0.6 is 11.3 Å². The second-order valence-corrected chi connectivity index (χ2v) is 5.72. The Kier molecular flexibility index (Phi) is 3.25. The zero-order chi connectivity index (χ0) is 10.8. The zero-order valence-corrected chi connectivity index (χ0v) is 10.3. The van der Waals surface area contributed by atoms with E-state index in [1.54, 1.807) is 11.3 Å². The van der Waals surface area contributed by atoms with Gasteiger partial charge in [-0.2, -0.15) is 0 Å². The van der Waals surface area contributed by atoms with Gasteiger partial charge in [0.25, 0.3) is 0 Å². The van der Waals surface area contributed by atoms with Crippen LogP contribution in [0.2, 0.25) is 0 Å². The molecule has 82 valence electrons. The molecule has 1 fully saturated rings. The summed E-state index contributed by atoms with van der Waals surface area (Å²) in [4.78, 5) is 13.1. The van der Waals surface area contributed by atoms with Crippen molar-refractivity contribution in [3.05, 3.63) is 21.9 Å². The van der Waals surface area contributed by atoms with E-state index in [1.807, 2.05) is 6.07 Å². The van der Waals surface area contributed by atoms with Gasteiger partial charge in [-0.25, -0.2) is 0 Å². The fourth-order valence-corrected chi connectivity index (χ4v) is 3.20. The number of thiophene rings is 1. The lowest BCUT2D eigenvalue weighted by atomic mass is 9.80. The second-order valence-electron chi connectivity index (χ2n) is 4.81. The Balaban J connectivity index is 2.02. The molecule has 0 aliphatic heterocycles. The molecule has 15 heavy (non-hydrogen) atoms. The van der Waals surface area contributed by atoms with E-state index in [2.05, 4.69) is 19.2 Å². The summed E-state index contributed by atoms with van der Waals surface area (Å²) in [5.41, 5.74) is 1.22. The topological polar surface area (TPSA) is 17.1 Å². The van der Waals surface area contributed by atoms with Crippen molar-refractivity contribution in [1.82, 2.24) is 0 Å². The highest BCUT2D eigenvalue weighted by atomic mass is 32.1. The molecule has 0 aromatic carbocycles. The number of carbonyl (C=O) groups is 1. The summed E-state index contributed by atoms with van der Waals surface area (Å²) in [5, 5.41) is 2.07. The molecular formula is C13H18OS. The Morgan fingerprint density at radius 2 is 2.00 bits per heavy atom. The lowest BCUT2D eigenvalue weighted by Gasteiger charge is -2.24. The Labute approximate surface area is 95.5 Å². The van der Waals surface area contributed by atoms with Crippen LogP contribution in [0.1, 0.15) is 47.8 Å². The Hall–Kier alpha value is -0.630. The summed E-state index contributed by atoms with van der Waals surface area (Å²) in [7, 11) is 0. The molecule has 1 saturated carbocycles. The molecule has 1 aliphatic carbocycles.